The number of likely N-dealkylation sites (tertiary alicyclic amines) is 1. The van der Waals surface area contributed by atoms with Crippen LogP contribution in [0.4, 0.5) is 0 Å². The lowest BCUT2D eigenvalue weighted by atomic mass is 10.0. The average Bonchev–Trinajstić information content (AvgIpc) is 3.02. The lowest BCUT2D eigenvalue weighted by Gasteiger charge is -2.22. The summed E-state index contributed by atoms with van der Waals surface area (Å²) < 4.78 is 4.63. The molecule has 0 aliphatic carbocycles. The Morgan fingerprint density at radius 1 is 1.27 bits per heavy atom. The molecule has 0 bridgehead atoms. The molecule has 30 heavy (non-hydrogen) atoms. The van der Waals surface area contributed by atoms with Gasteiger partial charge in [0.05, 0.1) is 13.2 Å². The molecule has 1 aliphatic rings. The Morgan fingerprint density at radius 2 is 2.00 bits per heavy atom. The number of allylic oxidation sites excluding steroid dienone is 1. The summed E-state index contributed by atoms with van der Waals surface area (Å²) in [5.41, 5.74) is 0. The molecule has 1 fully saturated rings. The van der Waals surface area contributed by atoms with Gasteiger partial charge in [0, 0.05) is 38.6 Å². The van der Waals surface area contributed by atoms with Crippen LogP contribution in [0, 0.1) is 17.8 Å². The van der Waals surface area contributed by atoms with E-state index in [-0.39, 0.29) is 30.8 Å². The van der Waals surface area contributed by atoms with E-state index < -0.39 is 5.97 Å². The number of hydrogen-bond donors (Lipinski definition) is 3. The van der Waals surface area contributed by atoms with Gasteiger partial charge >= 0.3 is 5.97 Å². The highest BCUT2D eigenvalue weighted by molar-refractivity contribution is 5.79. The van der Waals surface area contributed by atoms with Crippen molar-refractivity contribution in [2.24, 2.45) is 5.92 Å². The molecule has 1 amide bonds. The average molecular weight is 424 g/mol. The van der Waals surface area contributed by atoms with Crippen LogP contribution < -0.4 is 0 Å². The third kappa shape index (κ3) is 12.0. The van der Waals surface area contributed by atoms with Crippen molar-refractivity contribution in [1.82, 2.24) is 4.90 Å². The second kappa shape index (κ2) is 14.2. The lowest BCUT2D eigenvalue weighted by Crippen LogP contribution is -2.32. The predicted molar refractivity (Wildman–Crippen MR) is 114 cm³/mol. The third-order valence-electron chi connectivity index (χ3n) is 5.19. The molecule has 0 aromatic carbocycles. The molecule has 1 rings (SSSR count). The van der Waals surface area contributed by atoms with Gasteiger partial charge < -0.3 is 25.0 Å². The number of rotatable bonds is 13. The first-order valence-electron chi connectivity index (χ1n) is 10.9. The van der Waals surface area contributed by atoms with E-state index in [0.29, 0.717) is 25.2 Å². The third-order valence-corrected chi connectivity index (χ3v) is 5.19. The number of amides is 1. The Morgan fingerprint density at radius 3 is 2.70 bits per heavy atom. The Hall–Kier alpha value is -1.88. The number of unbranched alkanes of at least 4 members (excludes halogenated alkanes) is 3. The standard InChI is InChI=1S/C23H37NO6/c1-19(11-6-5-8-17-23(27,28)29)12-10-13-20-15-16-21(25)24(20)18-9-4-3-7-14-22(26)30-2/h10,13,19-20,27-29H,3-4,7-9,11-12,14-18H2,1-2H3/b13-10+/t19-,20+/m1/s1. The van der Waals surface area contributed by atoms with Gasteiger partial charge in [-0.15, -0.1) is 11.8 Å². The van der Waals surface area contributed by atoms with Crippen molar-refractivity contribution in [3.8, 4) is 11.8 Å². The van der Waals surface area contributed by atoms with Crippen LogP contribution in [0.2, 0.25) is 0 Å². The van der Waals surface area contributed by atoms with Crippen molar-refractivity contribution in [1.29, 1.82) is 0 Å². The maximum absolute atomic E-state index is 12.2. The van der Waals surface area contributed by atoms with E-state index in [1.807, 2.05) is 4.90 Å². The van der Waals surface area contributed by atoms with Gasteiger partial charge in [0.25, 0.3) is 5.97 Å². The Bertz CT molecular complexity index is 613. The van der Waals surface area contributed by atoms with Crippen molar-refractivity contribution in [2.45, 2.75) is 89.6 Å². The fourth-order valence-electron chi connectivity index (χ4n) is 3.37. The first-order valence-corrected chi connectivity index (χ1v) is 10.9. The van der Waals surface area contributed by atoms with Crippen LogP contribution in [0.1, 0.15) is 77.6 Å². The highest BCUT2D eigenvalue weighted by Crippen LogP contribution is 2.21. The summed E-state index contributed by atoms with van der Waals surface area (Å²) >= 11 is 0. The summed E-state index contributed by atoms with van der Waals surface area (Å²) in [5.74, 6) is 3.59. The largest absolute Gasteiger partial charge is 0.469 e. The fraction of sp³-hybridized carbons (Fsp3) is 0.739. The molecule has 3 N–H and O–H groups in total. The van der Waals surface area contributed by atoms with Crippen molar-refractivity contribution in [3.05, 3.63) is 12.2 Å². The van der Waals surface area contributed by atoms with E-state index >= 15 is 0 Å². The number of esters is 1. The molecule has 0 unspecified atom stereocenters. The van der Waals surface area contributed by atoms with Gasteiger partial charge in [-0.2, -0.15) is 0 Å². The topological polar surface area (TPSA) is 107 Å². The number of methoxy groups -OCH3 is 1. The first kappa shape index (κ1) is 26.2. The zero-order valence-electron chi connectivity index (χ0n) is 18.3. The molecule has 7 heteroatoms. The van der Waals surface area contributed by atoms with E-state index in [4.69, 9.17) is 15.3 Å². The number of carbonyl (C=O) groups is 2. The Kier molecular flexibility index (Phi) is 12.4. The summed E-state index contributed by atoms with van der Waals surface area (Å²) in [4.78, 5) is 25.2. The van der Waals surface area contributed by atoms with Crippen LogP contribution in [0.3, 0.4) is 0 Å². The molecule has 7 nitrogen and oxygen atoms in total. The van der Waals surface area contributed by atoms with E-state index in [9.17, 15) is 9.59 Å². The van der Waals surface area contributed by atoms with Crippen LogP contribution in [-0.2, 0) is 14.3 Å². The number of ether oxygens (including phenoxy) is 1. The second-order valence-corrected chi connectivity index (χ2v) is 8.03. The van der Waals surface area contributed by atoms with E-state index in [1.54, 1.807) is 0 Å². The van der Waals surface area contributed by atoms with Crippen LogP contribution in [0.15, 0.2) is 12.2 Å². The maximum atomic E-state index is 12.2. The van der Waals surface area contributed by atoms with Crippen molar-refractivity contribution in [2.75, 3.05) is 13.7 Å². The van der Waals surface area contributed by atoms with Gasteiger partial charge in [-0.1, -0.05) is 31.9 Å². The molecule has 1 saturated heterocycles. The maximum Gasteiger partial charge on any atom is 0.305 e. The smallest absolute Gasteiger partial charge is 0.305 e. The van der Waals surface area contributed by atoms with Gasteiger partial charge in [-0.05, 0) is 31.6 Å². The minimum atomic E-state index is -2.64. The molecule has 0 aromatic rings. The van der Waals surface area contributed by atoms with E-state index in [0.717, 1.165) is 45.1 Å². The molecule has 0 aromatic heterocycles. The van der Waals surface area contributed by atoms with Gasteiger partial charge in [-0.25, -0.2) is 0 Å². The first-order chi connectivity index (χ1) is 14.2. The molecular formula is C23H37NO6. The second-order valence-electron chi connectivity index (χ2n) is 8.03. The van der Waals surface area contributed by atoms with E-state index in [1.165, 1.54) is 7.11 Å². The Balaban J connectivity index is 2.26. The highest BCUT2D eigenvalue weighted by Gasteiger charge is 2.28. The van der Waals surface area contributed by atoms with Crippen molar-refractivity contribution >= 4 is 11.9 Å². The van der Waals surface area contributed by atoms with Gasteiger partial charge in [0.2, 0.25) is 5.91 Å². The lowest BCUT2D eigenvalue weighted by molar-refractivity contribution is -0.313. The van der Waals surface area contributed by atoms with Crippen LogP contribution in [-0.4, -0.2) is 57.8 Å². The van der Waals surface area contributed by atoms with Crippen LogP contribution in [0.25, 0.3) is 0 Å². The normalized spacial score (nSPS) is 17.8. The highest BCUT2D eigenvalue weighted by atomic mass is 16.7. The van der Waals surface area contributed by atoms with Gasteiger partial charge in [0.15, 0.2) is 0 Å². The molecule has 0 spiro atoms. The molecule has 170 valence electrons. The number of nitrogens with zero attached hydrogens (tertiary/aromatic N) is 1. The molecule has 0 saturated carbocycles. The number of hydrogen-bond acceptors (Lipinski definition) is 6. The molecule has 0 radical (unpaired) electrons. The minimum Gasteiger partial charge on any atom is -0.469 e. The summed E-state index contributed by atoms with van der Waals surface area (Å²) in [5, 5.41) is 26.4. The summed E-state index contributed by atoms with van der Waals surface area (Å²) in [6.07, 6.45) is 11.5. The number of carbonyl (C=O) groups excluding carboxylic acids is 2. The van der Waals surface area contributed by atoms with Crippen LogP contribution >= 0.6 is 0 Å². The van der Waals surface area contributed by atoms with Gasteiger partial charge in [-0.3, -0.25) is 9.59 Å². The molecule has 2 atom stereocenters. The van der Waals surface area contributed by atoms with E-state index in [2.05, 4.69) is 35.7 Å². The molecule has 1 aliphatic heterocycles. The monoisotopic (exact) mass is 423 g/mol. The summed E-state index contributed by atoms with van der Waals surface area (Å²) in [6.45, 7) is 2.86. The quantitative estimate of drug-likeness (QED) is 0.138. The fourth-order valence-corrected chi connectivity index (χ4v) is 3.37. The van der Waals surface area contributed by atoms with Gasteiger partial charge in [0.1, 0.15) is 0 Å². The zero-order valence-corrected chi connectivity index (χ0v) is 18.3. The Labute approximate surface area is 180 Å². The predicted octanol–water partition coefficient (Wildman–Crippen LogP) is 2.49. The number of aliphatic hydroxyl groups is 3. The summed E-state index contributed by atoms with van der Waals surface area (Å²) in [7, 11) is 1.40. The zero-order chi connectivity index (χ0) is 22.4. The van der Waals surface area contributed by atoms with Crippen LogP contribution in [0.5, 0.6) is 0 Å². The molecular weight excluding hydrogens is 386 g/mol. The van der Waals surface area contributed by atoms with Crippen molar-refractivity contribution < 1.29 is 29.6 Å². The minimum absolute atomic E-state index is 0.164. The molecule has 1 heterocycles. The SMILES string of the molecule is COC(=O)CCCCCCN1C(=O)CC[C@@H]1/C=C/C[C@H](C)CC#CCCC(O)(O)O. The van der Waals surface area contributed by atoms with Crippen molar-refractivity contribution in [3.63, 3.8) is 0 Å². The summed E-state index contributed by atoms with van der Waals surface area (Å²) in [6, 6.07) is 0.164.